The van der Waals surface area contributed by atoms with Gasteiger partial charge in [0.1, 0.15) is 5.69 Å². The Balaban J connectivity index is 3.17. The lowest BCUT2D eigenvalue weighted by atomic mass is 10.2. The van der Waals surface area contributed by atoms with Gasteiger partial charge in [-0.25, -0.2) is 0 Å². The number of hydrogen-bond acceptors (Lipinski definition) is 5. The van der Waals surface area contributed by atoms with Gasteiger partial charge in [0.05, 0.1) is 18.5 Å². The molecule has 0 amide bonds. The van der Waals surface area contributed by atoms with E-state index in [1.165, 1.54) is 13.2 Å². The number of hydrogen-bond donors (Lipinski definition) is 2. The molecule has 104 valence electrons. The number of methoxy groups -OCH3 is 1. The lowest BCUT2D eigenvalue weighted by Gasteiger charge is -2.15. The van der Waals surface area contributed by atoms with E-state index in [0.29, 0.717) is 4.47 Å². The van der Waals surface area contributed by atoms with E-state index in [4.69, 9.17) is 9.84 Å². The lowest BCUT2D eigenvalue weighted by Crippen LogP contribution is -2.20. The van der Waals surface area contributed by atoms with Crippen LogP contribution < -0.4 is 10.1 Å². The molecule has 0 saturated heterocycles. The van der Waals surface area contributed by atoms with E-state index >= 15 is 0 Å². The minimum Gasteiger partial charge on any atom is -0.490 e. The Morgan fingerprint density at radius 3 is 2.74 bits per heavy atom. The number of benzene rings is 1. The van der Waals surface area contributed by atoms with Crippen LogP contribution in [0.4, 0.5) is 11.4 Å². The Morgan fingerprint density at radius 2 is 2.26 bits per heavy atom. The van der Waals surface area contributed by atoms with Crippen LogP contribution in [-0.2, 0) is 4.79 Å². The number of carboxylic acids is 1. The molecule has 0 bridgehead atoms. The molecule has 1 rings (SSSR count). The summed E-state index contributed by atoms with van der Waals surface area (Å²) in [4.78, 5) is 21.2. The van der Waals surface area contributed by atoms with E-state index in [1.807, 2.05) is 0 Å². The smallest absolute Gasteiger partial charge is 0.334 e. The van der Waals surface area contributed by atoms with Crippen LogP contribution in [0.1, 0.15) is 13.3 Å². The first kappa shape index (κ1) is 15.2. The lowest BCUT2D eigenvalue weighted by molar-refractivity contribution is -0.384. The van der Waals surface area contributed by atoms with E-state index in [9.17, 15) is 14.9 Å². The molecule has 7 nitrogen and oxygen atoms in total. The second-order valence-corrected chi connectivity index (χ2v) is 4.73. The second kappa shape index (κ2) is 6.37. The molecule has 0 spiro atoms. The van der Waals surface area contributed by atoms with Gasteiger partial charge >= 0.3 is 11.7 Å². The molecule has 1 unspecified atom stereocenters. The molecule has 0 aliphatic heterocycles. The van der Waals surface area contributed by atoms with Gasteiger partial charge in [-0.05, 0) is 35.0 Å². The number of aliphatic carboxylic acids is 1. The summed E-state index contributed by atoms with van der Waals surface area (Å²) < 4.78 is 5.42. The van der Waals surface area contributed by atoms with E-state index in [0.717, 1.165) is 0 Å². The van der Waals surface area contributed by atoms with Gasteiger partial charge in [-0.1, -0.05) is 0 Å². The monoisotopic (exact) mass is 332 g/mol. The summed E-state index contributed by atoms with van der Waals surface area (Å²) in [5, 5.41) is 22.6. The van der Waals surface area contributed by atoms with Crippen molar-refractivity contribution in [3.8, 4) is 5.75 Å². The second-order valence-electron chi connectivity index (χ2n) is 3.87. The maximum atomic E-state index is 11.1. The van der Waals surface area contributed by atoms with E-state index in [1.54, 1.807) is 13.0 Å². The summed E-state index contributed by atoms with van der Waals surface area (Å²) in [6, 6.07) is 2.61. The third-order valence-corrected chi connectivity index (χ3v) is 3.02. The standard InChI is InChI=1S/C11H13BrN2O5/c1-6(5-9(15)16)13-10-7(12)3-4-8(19-2)11(10)14(17)18/h3-4,6,13H,5H2,1-2H3,(H,15,16). The maximum Gasteiger partial charge on any atom is 0.334 e. The Kier molecular flexibility index (Phi) is 5.11. The minimum absolute atomic E-state index is 0.109. The van der Waals surface area contributed by atoms with E-state index in [2.05, 4.69) is 21.2 Å². The molecule has 0 saturated carbocycles. The summed E-state index contributed by atoms with van der Waals surface area (Å²) in [6.45, 7) is 1.63. The number of nitrogens with one attached hydrogen (secondary N) is 1. The first-order valence-corrected chi connectivity index (χ1v) is 6.15. The van der Waals surface area contributed by atoms with Gasteiger partial charge in [-0.3, -0.25) is 14.9 Å². The highest BCUT2D eigenvalue weighted by molar-refractivity contribution is 9.10. The van der Waals surface area contributed by atoms with Crippen LogP contribution in [0.15, 0.2) is 16.6 Å². The normalized spacial score (nSPS) is 11.7. The first-order valence-electron chi connectivity index (χ1n) is 5.36. The quantitative estimate of drug-likeness (QED) is 0.613. The molecular weight excluding hydrogens is 320 g/mol. The van der Waals surface area contributed by atoms with Gasteiger partial charge in [0, 0.05) is 10.5 Å². The topological polar surface area (TPSA) is 102 Å². The molecule has 0 aliphatic carbocycles. The molecule has 19 heavy (non-hydrogen) atoms. The van der Waals surface area contributed by atoms with Crippen molar-refractivity contribution in [2.75, 3.05) is 12.4 Å². The van der Waals surface area contributed by atoms with Crippen molar-refractivity contribution in [1.29, 1.82) is 0 Å². The van der Waals surface area contributed by atoms with Crippen LogP contribution in [0.25, 0.3) is 0 Å². The zero-order valence-electron chi connectivity index (χ0n) is 10.3. The minimum atomic E-state index is -0.985. The number of ether oxygens (including phenoxy) is 1. The van der Waals surface area contributed by atoms with Crippen molar-refractivity contribution < 1.29 is 19.6 Å². The van der Waals surface area contributed by atoms with Gasteiger partial charge in [0.15, 0.2) is 5.75 Å². The highest BCUT2D eigenvalue weighted by Crippen LogP contribution is 2.40. The van der Waals surface area contributed by atoms with Crippen LogP contribution in [0, 0.1) is 10.1 Å². The summed E-state index contributed by atoms with van der Waals surface area (Å²) in [7, 11) is 1.33. The van der Waals surface area contributed by atoms with Crippen molar-refractivity contribution >= 4 is 33.3 Å². The number of nitro groups is 1. The molecule has 1 atom stereocenters. The largest absolute Gasteiger partial charge is 0.490 e. The number of nitrogens with zero attached hydrogens (tertiary/aromatic N) is 1. The van der Waals surface area contributed by atoms with Gasteiger partial charge in [0.25, 0.3) is 0 Å². The van der Waals surface area contributed by atoms with Gasteiger partial charge in [-0.2, -0.15) is 0 Å². The van der Waals surface area contributed by atoms with Crippen LogP contribution in [0.5, 0.6) is 5.75 Å². The molecule has 0 heterocycles. The molecule has 0 aromatic heterocycles. The number of rotatable bonds is 6. The van der Waals surface area contributed by atoms with Crippen LogP contribution in [0.3, 0.4) is 0 Å². The summed E-state index contributed by atoms with van der Waals surface area (Å²) in [5.74, 6) is -0.875. The zero-order valence-corrected chi connectivity index (χ0v) is 11.9. The molecule has 0 fully saturated rings. The molecule has 0 aliphatic rings. The molecular formula is C11H13BrN2O5. The van der Waals surface area contributed by atoms with Crippen molar-refractivity contribution in [1.82, 2.24) is 0 Å². The zero-order chi connectivity index (χ0) is 14.6. The highest BCUT2D eigenvalue weighted by Gasteiger charge is 2.24. The van der Waals surface area contributed by atoms with Crippen molar-refractivity contribution in [3.05, 3.63) is 26.7 Å². The van der Waals surface area contributed by atoms with E-state index in [-0.39, 0.29) is 23.5 Å². The predicted molar refractivity (Wildman–Crippen MR) is 72.7 cm³/mol. The number of carboxylic acid groups (broad SMARTS) is 1. The molecule has 1 aromatic rings. The molecule has 2 N–H and O–H groups in total. The number of carbonyl (C=O) groups is 1. The average molecular weight is 333 g/mol. The Hall–Kier alpha value is -1.83. The first-order chi connectivity index (χ1) is 8.86. The van der Waals surface area contributed by atoms with Crippen LogP contribution in [-0.4, -0.2) is 29.2 Å². The van der Waals surface area contributed by atoms with Crippen molar-refractivity contribution in [2.24, 2.45) is 0 Å². The van der Waals surface area contributed by atoms with E-state index < -0.39 is 16.9 Å². The number of anilines is 1. The summed E-state index contributed by atoms with van der Waals surface area (Å²) in [6.07, 6.45) is -0.152. The average Bonchev–Trinajstić information content (AvgIpc) is 2.29. The van der Waals surface area contributed by atoms with Gasteiger partial charge in [0.2, 0.25) is 0 Å². The van der Waals surface area contributed by atoms with Crippen LogP contribution in [0.2, 0.25) is 0 Å². The number of nitro benzene ring substituents is 1. The summed E-state index contributed by atoms with van der Waals surface area (Å²) in [5.41, 5.74) is -0.0211. The van der Waals surface area contributed by atoms with Crippen LogP contribution >= 0.6 is 15.9 Å². The van der Waals surface area contributed by atoms with Gasteiger partial charge in [-0.15, -0.1) is 0 Å². The third-order valence-electron chi connectivity index (χ3n) is 2.36. The Labute approximate surface area is 117 Å². The predicted octanol–water partition coefficient (Wildman–Crippen LogP) is 2.64. The third kappa shape index (κ3) is 3.82. The van der Waals surface area contributed by atoms with Crippen molar-refractivity contribution in [2.45, 2.75) is 19.4 Å². The SMILES string of the molecule is COc1ccc(Br)c(NC(C)CC(=O)O)c1[N+](=O)[O-]. The molecule has 8 heteroatoms. The Morgan fingerprint density at radius 1 is 1.63 bits per heavy atom. The Bertz CT molecular complexity index is 506. The number of halogens is 1. The fourth-order valence-electron chi connectivity index (χ4n) is 1.59. The van der Waals surface area contributed by atoms with Gasteiger partial charge < -0.3 is 15.2 Å². The molecule has 0 radical (unpaired) electrons. The fraction of sp³-hybridized carbons (Fsp3) is 0.364. The fourth-order valence-corrected chi connectivity index (χ4v) is 2.02. The highest BCUT2D eigenvalue weighted by atomic mass is 79.9. The maximum absolute atomic E-state index is 11.1. The summed E-state index contributed by atoms with van der Waals surface area (Å²) >= 11 is 3.20. The van der Waals surface area contributed by atoms with Crippen molar-refractivity contribution in [3.63, 3.8) is 0 Å². The molecule has 1 aromatic carbocycles.